The number of carbonyl (C=O) groups excluding carboxylic acids is 3. The second-order valence-corrected chi connectivity index (χ2v) is 6.28. The SMILES string of the molecule is NC(=O)C1C2=C(CN(C(N)=O)N2c2ccccc2)C2CN1C(=O)N2OS. The lowest BCUT2D eigenvalue weighted by molar-refractivity contribution is -0.121. The summed E-state index contributed by atoms with van der Waals surface area (Å²) in [4.78, 5) is 38.1. The van der Waals surface area contributed by atoms with Crippen LogP contribution >= 0.6 is 12.9 Å². The van der Waals surface area contributed by atoms with Gasteiger partial charge in [-0.3, -0.25) is 9.80 Å². The van der Waals surface area contributed by atoms with Crippen LogP contribution in [0.25, 0.3) is 0 Å². The standard InChI is InChI=1S/C15H16N6O4S/c16-13(22)12-11-9(10-7-18(12)15(24)21(10)25-26)6-19(14(17)23)20(11)8-4-2-1-3-5-8/h1-5,10,12,26H,6-7H2,(H2,16,22)(H2,17,23). The number of hydrazine groups is 1. The molecule has 10 nitrogen and oxygen atoms in total. The van der Waals surface area contributed by atoms with Gasteiger partial charge in [0.05, 0.1) is 24.5 Å². The summed E-state index contributed by atoms with van der Waals surface area (Å²) in [6.07, 6.45) is 0. The lowest BCUT2D eigenvalue weighted by Gasteiger charge is -2.36. The molecular weight excluding hydrogens is 360 g/mol. The fourth-order valence-corrected chi connectivity index (χ4v) is 3.95. The first-order valence-corrected chi connectivity index (χ1v) is 8.18. The molecule has 4 rings (SSSR count). The zero-order chi connectivity index (χ0) is 18.6. The molecule has 3 heterocycles. The summed E-state index contributed by atoms with van der Waals surface area (Å²) in [6, 6.07) is 6.19. The maximum Gasteiger partial charge on any atom is 0.346 e. The number of urea groups is 2. The number of primary amides is 2. The summed E-state index contributed by atoms with van der Waals surface area (Å²) < 4.78 is 4.91. The number of nitrogens with zero attached hydrogens (tertiary/aromatic N) is 4. The highest BCUT2D eigenvalue weighted by atomic mass is 32.1. The van der Waals surface area contributed by atoms with Gasteiger partial charge in [-0.25, -0.2) is 18.9 Å². The van der Waals surface area contributed by atoms with E-state index in [1.807, 2.05) is 6.07 Å². The van der Waals surface area contributed by atoms with Gasteiger partial charge in [-0.05, 0) is 12.1 Å². The molecule has 0 aliphatic carbocycles. The van der Waals surface area contributed by atoms with Crippen LogP contribution < -0.4 is 16.5 Å². The van der Waals surface area contributed by atoms with Crippen LogP contribution in [0.1, 0.15) is 0 Å². The van der Waals surface area contributed by atoms with Crippen molar-refractivity contribution >= 4 is 36.6 Å². The van der Waals surface area contributed by atoms with Crippen molar-refractivity contribution < 1.29 is 18.7 Å². The van der Waals surface area contributed by atoms with E-state index >= 15 is 0 Å². The fraction of sp³-hybridized carbons (Fsp3) is 0.267. The Morgan fingerprint density at radius 2 is 1.88 bits per heavy atom. The van der Waals surface area contributed by atoms with Gasteiger partial charge in [0.25, 0.3) is 0 Å². The van der Waals surface area contributed by atoms with Crippen molar-refractivity contribution in [3.63, 3.8) is 0 Å². The number of rotatable bonds is 3. The molecule has 136 valence electrons. The van der Waals surface area contributed by atoms with Crippen molar-refractivity contribution in [2.75, 3.05) is 18.1 Å². The molecular formula is C15H16N6O4S. The molecule has 5 amide bonds. The number of hydrogen-bond acceptors (Lipinski definition) is 6. The Labute approximate surface area is 154 Å². The molecule has 3 aliphatic rings. The number of thiol groups is 1. The Hall–Kier alpha value is -2.92. The largest absolute Gasteiger partial charge is 0.368 e. The summed E-state index contributed by atoms with van der Waals surface area (Å²) in [5.74, 6) is -0.711. The molecule has 0 spiro atoms. The average Bonchev–Trinajstić information content (AvgIpc) is 3.14. The minimum Gasteiger partial charge on any atom is -0.368 e. The van der Waals surface area contributed by atoms with Crippen LogP contribution in [0, 0.1) is 0 Å². The number of anilines is 1. The van der Waals surface area contributed by atoms with E-state index in [2.05, 4.69) is 12.9 Å². The van der Waals surface area contributed by atoms with Gasteiger partial charge >= 0.3 is 12.1 Å². The van der Waals surface area contributed by atoms with Crippen molar-refractivity contribution in [2.24, 2.45) is 11.5 Å². The van der Waals surface area contributed by atoms with Crippen molar-refractivity contribution in [1.29, 1.82) is 0 Å². The van der Waals surface area contributed by atoms with Crippen LogP contribution in [0.4, 0.5) is 15.3 Å². The number of para-hydroxylation sites is 1. The highest BCUT2D eigenvalue weighted by Gasteiger charge is 2.56. The number of carbonyl (C=O) groups is 3. The normalized spacial score (nSPS) is 24.4. The van der Waals surface area contributed by atoms with E-state index in [4.69, 9.17) is 15.8 Å². The van der Waals surface area contributed by atoms with Crippen molar-refractivity contribution in [1.82, 2.24) is 15.0 Å². The summed E-state index contributed by atoms with van der Waals surface area (Å²) in [6.45, 7) is 0.323. The highest BCUT2D eigenvalue weighted by molar-refractivity contribution is 7.75. The number of benzene rings is 1. The number of fused-ring (bicyclic) bond motifs is 3. The van der Waals surface area contributed by atoms with Gasteiger partial charge in [0, 0.05) is 18.5 Å². The van der Waals surface area contributed by atoms with Crippen LogP contribution in [0.15, 0.2) is 41.6 Å². The van der Waals surface area contributed by atoms with Gasteiger partial charge in [-0.2, -0.15) is 5.06 Å². The molecule has 26 heavy (non-hydrogen) atoms. The van der Waals surface area contributed by atoms with E-state index in [9.17, 15) is 14.4 Å². The van der Waals surface area contributed by atoms with Crippen molar-refractivity contribution in [2.45, 2.75) is 12.1 Å². The predicted octanol–water partition coefficient (Wildman–Crippen LogP) is -0.193. The Morgan fingerprint density at radius 3 is 2.46 bits per heavy atom. The minimum absolute atomic E-state index is 0.114. The topological polar surface area (TPSA) is 125 Å². The Bertz CT molecular complexity index is 831. The maximum atomic E-state index is 12.5. The third kappa shape index (κ3) is 2.14. The second kappa shape index (κ2) is 5.81. The maximum absolute atomic E-state index is 12.5. The summed E-state index contributed by atoms with van der Waals surface area (Å²) >= 11 is 3.74. The van der Waals surface area contributed by atoms with E-state index < -0.39 is 30.1 Å². The van der Waals surface area contributed by atoms with Gasteiger partial charge in [0.1, 0.15) is 6.04 Å². The van der Waals surface area contributed by atoms with Crippen LogP contribution in [0.2, 0.25) is 0 Å². The molecule has 3 aliphatic heterocycles. The average molecular weight is 376 g/mol. The van der Waals surface area contributed by atoms with Gasteiger partial charge in [-0.15, -0.1) is 0 Å². The van der Waals surface area contributed by atoms with E-state index in [0.717, 1.165) is 5.06 Å². The molecule has 1 saturated heterocycles. The molecule has 1 aromatic carbocycles. The zero-order valence-corrected chi connectivity index (χ0v) is 14.4. The highest BCUT2D eigenvalue weighted by Crippen LogP contribution is 2.42. The van der Waals surface area contributed by atoms with Gasteiger partial charge < -0.3 is 16.4 Å². The quantitative estimate of drug-likeness (QED) is 0.498. The van der Waals surface area contributed by atoms with E-state index in [1.54, 1.807) is 29.3 Å². The number of nitrogens with two attached hydrogens (primary N) is 2. The van der Waals surface area contributed by atoms with Gasteiger partial charge in [-0.1, -0.05) is 18.2 Å². The molecule has 11 heteroatoms. The first-order valence-electron chi connectivity index (χ1n) is 7.81. The van der Waals surface area contributed by atoms with Gasteiger partial charge in [0.15, 0.2) is 6.04 Å². The summed E-state index contributed by atoms with van der Waals surface area (Å²) in [5.41, 5.74) is 12.9. The van der Waals surface area contributed by atoms with Crippen molar-refractivity contribution in [3.05, 3.63) is 41.6 Å². The van der Waals surface area contributed by atoms with Crippen LogP contribution in [-0.2, 0) is 9.08 Å². The molecule has 0 radical (unpaired) electrons. The van der Waals surface area contributed by atoms with E-state index in [0.29, 0.717) is 17.0 Å². The monoisotopic (exact) mass is 376 g/mol. The molecule has 0 aromatic heterocycles. The molecule has 2 atom stereocenters. The van der Waals surface area contributed by atoms with E-state index in [-0.39, 0.29) is 13.1 Å². The minimum atomic E-state index is -1.05. The molecule has 4 N–H and O–H groups in total. The number of hydrogen-bond donors (Lipinski definition) is 3. The predicted molar refractivity (Wildman–Crippen MR) is 93.0 cm³/mol. The molecule has 2 unspecified atom stereocenters. The molecule has 2 bridgehead atoms. The lowest BCUT2D eigenvalue weighted by Crippen LogP contribution is -2.54. The summed E-state index contributed by atoms with van der Waals surface area (Å²) in [7, 11) is 0. The lowest BCUT2D eigenvalue weighted by atomic mass is 9.96. The molecule has 1 aromatic rings. The number of hydroxylamine groups is 2. The molecule has 1 fully saturated rings. The Balaban J connectivity index is 1.90. The Morgan fingerprint density at radius 1 is 1.19 bits per heavy atom. The molecule has 0 saturated carbocycles. The third-order valence-electron chi connectivity index (χ3n) is 4.79. The van der Waals surface area contributed by atoms with Crippen LogP contribution in [-0.4, -0.2) is 58.1 Å². The van der Waals surface area contributed by atoms with Crippen LogP contribution in [0.3, 0.4) is 0 Å². The van der Waals surface area contributed by atoms with Gasteiger partial charge in [0.2, 0.25) is 5.91 Å². The smallest absolute Gasteiger partial charge is 0.346 e. The first kappa shape index (κ1) is 16.5. The van der Waals surface area contributed by atoms with E-state index in [1.165, 1.54) is 9.91 Å². The Kier molecular flexibility index (Phi) is 3.70. The zero-order valence-electron chi connectivity index (χ0n) is 13.5. The number of amides is 5. The first-order chi connectivity index (χ1) is 12.5. The van der Waals surface area contributed by atoms with Crippen molar-refractivity contribution in [3.8, 4) is 0 Å². The third-order valence-corrected chi connectivity index (χ3v) is 4.97. The fourth-order valence-electron chi connectivity index (χ4n) is 3.76. The second-order valence-electron chi connectivity index (χ2n) is 6.12. The summed E-state index contributed by atoms with van der Waals surface area (Å²) in [5, 5.41) is 3.91. The van der Waals surface area contributed by atoms with Crippen LogP contribution in [0.5, 0.6) is 0 Å².